The van der Waals surface area contributed by atoms with Crippen molar-refractivity contribution in [2.75, 3.05) is 20.8 Å². The number of hydrogen-bond donors (Lipinski definition) is 1. The number of aryl methyl sites for hydroxylation is 1. The van der Waals surface area contributed by atoms with Crippen molar-refractivity contribution in [1.82, 2.24) is 10.2 Å². The summed E-state index contributed by atoms with van der Waals surface area (Å²) in [6, 6.07) is 13.1. The minimum Gasteiger partial charge on any atom is -0.493 e. The van der Waals surface area contributed by atoms with E-state index >= 15 is 0 Å². The lowest BCUT2D eigenvalue weighted by Gasteiger charge is -2.42. The number of ether oxygens (including phenoxy) is 2. The Kier molecular flexibility index (Phi) is 6.51. The Hall–Kier alpha value is -2.53. The van der Waals surface area contributed by atoms with Gasteiger partial charge in [-0.3, -0.25) is 9.69 Å². The Morgan fingerprint density at radius 1 is 1.13 bits per heavy atom. The first-order valence-corrected chi connectivity index (χ1v) is 11.4. The van der Waals surface area contributed by atoms with E-state index in [1.54, 1.807) is 14.2 Å². The van der Waals surface area contributed by atoms with E-state index < -0.39 is 0 Å². The molecular formula is C26H34N2O3. The molecule has 5 nitrogen and oxygen atoms in total. The molecule has 1 aliphatic carbocycles. The van der Waals surface area contributed by atoms with E-state index in [1.165, 1.54) is 22.3 Å². The lowest BCUT2D eigenvalue weighted by Crippen LogP contribution is -2.48. The molecule has 2 aromatic rings. The summed E-state index contributed by atoms with van der Waals surface area (Å²) in [6.45, 7) is 6.08. The van der Waals surface area contributed by atoms with Crippen LogP contribution in [0.4, 0.5) is 0 Å². The first-order valence-electron chi connectivity index (χ1n) is 11.4. The zero-order valence-corrected chi connectivity index (χ0v) is 19.1. The summed E-state index contributed by atoms with van der Waals surface area (Å²) >= 11 is 0. The van der Waals surface area contributed by atoms with Crippen LogP contribution in [0.25, 0.3) is 0 Å². The first kappa shape index (κ1) is 21.7. The fourth-order valence-corrected chi connectivity index (χ4v) is 4.66. The summed E-state index contributed by atoms with van der Waals surface area (Å²) in [4.78, 5) is 15.2. The van der Waals surface area contributed by atoms with Crippen LogP contribution in [0.2, 0.25) is 0 Å². The number of amides is 1. The third-order valence-corrected chi connectivity index (χ3v) is 6.63. The second-order valence-corrected chi connectivity index (χ2v) is 8.85. The van der Waals surface area contributed by atoms with Gasteiger partial charge in [0.2, 0.25) is 5.91 Å². The minimum absolute atomic E-state index is 0.0516. The number of methoxy groups -OCH3 is 2. The number of fused-ring (bicyclic) bond motifs is 1. The van der Waals surface area contributed by atoms with Crippen LogP contribution < -0.4 is 14.8 Å². The Morgan fingerprint density at radius 3 is 2.42 bits per heavy atom. The van der Waals surface area contributed by atoms with Gasteiger partial charge in [-0.2, -0.15) is 0 Å². The highest BCUT2D eigenvalue weighted by molar-refractivity contribution is 5.81. The number of carbonyl (C=O) groups excluding carboxylic acids is 1. The van der Waals surface area contributed by atoms with Gasteiger partial charge in [0.15, 0.2) is 11.5 Å². The van der Waals surface area contributed by atoms with Crippen molar-refractivity contribution in [1.29, 1.82) is 0 Å². The molecule has 5 heteroatoms. The van der Waals surface area contributed by atoms with Crippen LogP contribution in [0.15, 0.2) is 36.4 Å². The van der Waals surface area contributed by atoms with Gasteiger partial charge >= 0.3 is 0 Å². The molecule has 4 rings (SSSR count). The van der Waals surface area contributed by atoms with Crippen molar-refractivity contribution in [3.8, 4) is 11.5 Å². The molecule has 2 aliphatic rings. The molecule has 0 aromatic heterocycles. The largest absolute Gasteiger partial charge is 0.493 e. The Morgan fingerprint density at radius 2 is 1.81 bits per heavy atom. The molecule has 0 bridgehead atoms. The standard InChI is InChI=1S/C26H34N2O3/c1-5-22(27-26(29)19-10-11-19)25-21-15-24(31-4)23(30-3)14-20(21)12-13-28(25)16-18-8-6-17(2)7-9-18/h6-9,14-15,19,22,25H,5,10-13,16H2,1-4H3,(H,27,29)/t22-,25+/m1/s1. The molecule has 31 heavy (non-hydrogen) atoms. The molecule has 2 atom stereocenters. The minimum atomic E-state index is 0.0516. The second-order valence-electron chi connectivity index (χ2n) is 8.85. The highest BCUT2D eigenvalue weighted by Gasteiger charge is 2.37. The van der Waals surface area contributed by atoms with E-state index in [9.17, 15) is 4.79 Å². The quantitative estimate of drug-likeness (QED) is 0.684. The average Bonchev–Trinajstić information content (AvgIpc) is 3.63. The Labute approximate surface area is 185 Å². The molecule has 1 N–H and O–H groups in total. The third kappa shape index (κ3) is 4.72. The molecule has 0 saturated heterocycles. The molecule has 0 spiro atoms. The fourth-order valence-electron chi connectivity index (χ4n) is 4.66. The number of benzene rings is 2. The predicted octanol–water partition coefficient (Wildman–Crippen LogP) is 4.42. The molecule has 166 valence electrons. The monoisotopic (exact) mass is 422 g/mol. The van der Waals surface area contributed by atoms with Crippen LogP contribution >= 0.6 is 0 Å². The van der Waals surface area contributed by atoms with Crippen molar-refractivity contribution < 1.29 is 14.3 Å². The molecule has 1 heterocycles. The van der Waals surface area contributed by atoms with Crippen molar-refractivity contribution in [2.45, 2.75) is 58.2 Å². The van der Waals surface area contributed by atoms with Gasteiger partial charge < -0.3 is 14.8 Å². The number of nitrogens with one attached hydrogen (secondary N) is 1. The van der Waals surface area contributed by atoms with Crippen LogP contribution in [-0.2, 0) is 17.8 Å². The van der Waals surface area contributed by atoms with Gasteiger partial charge in [-0.05, 0) is 61.4 Å². The highest BCUT2D eigenvalue weighted by Crippen LogP contribution is 2.41. The second kappa shape index (κ2) is 9.31. The van der Waals surface area contributed by atoms with Crippen LogP contribution in [0.5, 0.6) is 11.5 Å². The Balaban J connectivity index is 1.70. The molecule has 1 fully saturated rings. The SMILES string of the molecule is CC[C@@H](NC(=O)C1CC1)[C@@H]1c2cc(OC)c(OC)cc2CCN1Cc1ccc(C)cc1. The van der Waals surface area contributed by atoms with Crippen LogP contribution in [-0.4, -0.2) is 37.6 Å². The molecule has 2 aromatic carbocycles. The van der Waals surface area contributed by atoms with Crippen LogP contribution in [0, 0.1) is 12.8 Å². The van der Waals surface area contributed by atoms with Gasteiger partial charge in [0.05, 0.1) is 20.3 Å². The van der Waals surface area contributed by atoms with E-state index in [4.69, 9.17) is 9.47 Å². The summed E-state index contributed by atoms with van der Waals surface area (Å²) in [6.07, 6.45) is 3.86. The summed E-state index contributed by atoms with van der Waals surface area (Å²) in [5.74, 6) is 1.91. The maximum absolute atomic E-state index is 12.7. The summed E-state index contributed by atoms with van der Waals surface area (Å²) in [5.41, 5.74) is 5.08. The number of nitrogens with zero attached hydrogens (tertiary/aromatic N) is 1. The van der Waals surface area contributed by atoms with Gasteiger partial charge in [-0.25, -0.2) is 0 Å². The molecule has 1 aliphatic heterocycles. The Bertz CT molecular complexity index is 921. The summed E-state index contributed by atoms with van der Waals surface area (Å²) < 4.78 is 11.2. The topological polar surface area (TPSA) is 50.8 Å². The molecule has 0 unspecified atom stereocenters. The van der Waals surface area contributed by atoms with Crippen LogP contribution in [0.1, 0.15) is 54.5 Å². The van der Waals surface area contributed by atoms with Gasteiger partial charge in [0.1, 0.15) is 0 Å². The highest BCUT2D eigenvalue weighted by atomic mass is 16.5. The van der Waals surface area contributed by atoms with Crippen molar-refractivity contribution in [3.63, 3.8) is 0 Å². The average molecular weight is 423 g/mol. The lowest BCUT2D eigenvalue weighted by molar-refractivity contribution is -0.123. The molecule has 1 saturated carbocycles. The maximum atomic E-state index is 12.7. The normalized spacial score (nSPS) is 19.4. The fraction of sp³-hybridized carbons (Fsp3) is 0.500. The van der Waals surface area contributed by atoms with Gasteiger partial charge in [-0.15, -0.1) is 0 Å². The first-order chi connectivity index (χ1) is 15.0. The zero-order valence-electron chi connectivity index (χ0n) is 19.1. The third-order valence-electron chi connectivity index (χ3n) is 6.63. The van der Waals surface area contributed by atoms with Gasteiger partial charge in [-0.1, -0.05) is 36.8 Å². The van der Waals surface area contributed by atoms with E-state index in [0.717, 1.165) is 50.3 Å². The van der Waals surface area contributed by atoms with Gasteiger partial charge in [0, 0.05) is 25.0 Å². The zero-order chi connectivity index (χ0) is 22.0. The van der Waals surface area contributed by atoms with Gasteiger partial charge in [0.25, 0.3) is 0 Å². The lowest BCUT2D eigenvalue weighted by atomic mass is 9.86. The number of carbonyl (C=O) groups is 1. The number of rotatable bonds is 8. The van der Waals surface area contributed by atoms with E-state index in [-0.39, 0.29) is 23.9 Å². The van der Waals surface area contributed by atoms with E-state index in [1.807, 2.05) is 0 Å². The molecular weight excluding hydrogens is 388 g/mol. The number of hydrogen-bond acceptors (Lipinski definition) is 4. The smallest absolute Gasteiger partial charge is 0.223 e. The predicted molar refractivity (Wildman–Crippen MR) is 123 cm³/mol. The van der Waals surface area contributed by atoms with Crippen LogP contribution in [0.3, 0.4) is 0 Å². The maximum Gasteiger partial charge on any atom is 0.223 e. The van der Waals surface area contributed by atoms with E-state index in [0.29, 0.717) is 0 Å². The van der Waals surface area contributed by atoms with Crippen molar-refractivity contribution in [3.05, 3.63) is 58.7 Å². The van der Waals surface area contributed by atoms with Crippen molar-refractivity contribution in [2.24, 2.45) is 5.92 Å². The summed E-state index contributed by atoms with van der Waals surface area (Å²) in [5, 5.41) is 3.38. The molecule has 1 amide bonds. The van der Waals surface area contributed by atoms with Crippen molar-refractivity contribution >= 4 is 5.91 Å². The van der Waals surface area contributed by atoms with E-state index in [2.05, 4.69) is 60.5 Å². The summed E-state index contributed by atoms with van der Waals surface area (Å²) in [7, 11) is 3.36. The molecule has 0 radical (unpaired) electrons.